The van der Waals surface area contributed by atoms with Crippen molar-refractivity contribution in [1.82, 2.24) is 10.2 Å². The number of benzene rings is 1. The van der Waals surface area contributed by atoms with Gasteiger partial charge in [-0.15, -0.1) is 0 Å². The minimum absolute atomic E-state index is 0.617. The predicted octanol–water partition coefficient (Wildman–Crippen LogP) is 2.18. The minimum atomic E-state index is 0.617. The summed E-state index contributed by atoms with van der Waals surface area (Å²) in [5.74, 6) is 0. The van der Waals surface area contributed by atoms with Crippen molar-refractivity contribution in [2.24, 2.45) is 0 Å². The highest BCUT2D eigenvalue weighted by atomic mass is 15.2. The van der Waals surface area contributed by atoms with E-state index in [1.165, 1.54) is 24.1 Å². The maximum atomic E-state index is 3.53. The van der Waals surface area contributed by atoms with Gasteiger partial charge in [-0.3, -0.25) is 4.90 Å². The van der Waals surface area contributed by atoms with Crippen LogP contribution in [0.25, 0.3) is 0 Å². The molecule has 0 spiro atoms. The van der Waals surface area contributed by atoms with Crippen molar-refractivity contribution >= 4 is 0 Å². The van der Waals surface area contributed by atoms with Gasteiger partial charge >= 0.3 is 0 Å². The van der Waals surface area contributed by atoms with Crippen molar-refractivity contribution in [3.05, 3.63) is 35.4 Å². The first-order valence-electron chi connectivity index (χ1n) is 6.26. The first-order chi connectivity index (χ1) is 7.75. The molecule has 1 aliphatic heterocycles. The van der Waals surface area contributed by atoms with Crippen LogP contribution in [0.15, 0.2) is 24.3 Å². The third-order valence-electron chi connectivity index (χ3n) is 3.33. The van der Waals surface area contributed by atoms with Gasteiger partial charge in [-0.1, -0.05) is 24.3 Å². The predicted molar refractivity (Wildman–Crippen MR) is 68.5 cm³/mol. The average molecular weight is 218 g/mol. The lowest BCUT2D eigenvalue weighted by Gasteiger charge is -2.23. The maximum Gasteiger partial charge on any atom is 0.0237 e. The molecule has 1 saturated heterocycles. The molecule has 0 amide bonds. The molecule has 16 heavy (non-hydrogen) atoms. The van der Waals surface area contributed by atoms with Gasteiger partial charge in [0.1, 0.15) is 0 Å². The van der Waals surface area contributed by atoms with E-state index < -0.39 is 0 Å². The molecule has 1 unspecified atom stereocenters. The quantitative estimate of drug-likeness (QED) is 0.818. The van der Waals surface area contributed by atoms with E-state index in [1.54, 1.807) is 0 Å². The summed E-state index contributed by atoms with van der Waals surface area (Å²) in [5, 5.41) is 3.53. The average Bonchev–Trinajstić information content (AvgIpc) is 2.46. The van der Waals surface area contributed by atoms with Crippen LogP contribution < -0.4 is 5.32 Å². The zero-order chi connectivity index (χ0) is 11.4. The molecule has 0 aliphatic carbocycles. The zero-order valence-corrected chi connectivity index (χ0v) is 10.4. The fraction of sp³-hybridized carbons (Fsp3) is 0.571. The lowest BCUT2D eigenvalue weighted by Crippen LogP contribution is -2.35. The van der Waals surface area contributed by atoms with Gasteiger partial charge < -0.3 is 5.32 Å². The van der Waals surface area contributed by atoms with Crippen LogP contribution in [0.1, 0.15) is 24.5 Å². The van der Waals surface area contributed by atoms with Crippen LogP contribution in [-0.2, 0) is 6.54 Å². The lowest BCUT2D eigenvalue weighted by molar-refractivity contribution is 0.264. The van der Waals surface area contributed by atoms with Gasteiger partial charge in [0.05, 0.1) is 0 Å². The van der Waals surface area contributed by atoms with Gasteiger partial charge in [0, 0.05) is 19.1 Å². The molecule has 1 aromatic rings. The number of hydrogen-bond acceptors (Lipinski definition) is 2. The highest BCUT2D eigenvalue weighted by molar-refractivity contribution is 5.25. The van der Waals surface area contributed by atoms with Crippen molar-refractivity contribution < 1.29 is 0 Å². The standard InChI is InChI=1S/C14H22N2/c1-12-6-3-4-7-14(12)11-16-9-5-8-15-13(2)10-16/h3-4,6-7,13,15H,5,8-11H2,1-2H3. The Hall–Kier alpha value is -0.860. The van der Waals surface area contributed by atoms with Crippen LogP contribution in [0.2, 0.25) is 0 Å². The summed E-state index contributed by atoms with van der Waals surface area (Å²) in [6.45, 7) is 9.11. The summed E-state index contributed by atoms with van der Waals surface area (Å²) in [4.78, 5) is 2.56. The van der Waals surface area contributed by atoms with Crippen LogP contribution in [0.5, 0.6) is 0 Å². The lowest BCUT2D eigenvalue weighted by atomic mass is 10.1. The number of nitrogens with zero attached hydrogens (tertiary/aromatic N) is 1. The van der Waals surface area contributed by atoms with E-state index in [-0.39, 0.29) is 0 Å². The Morgan fingerprint density at radius 3 is 3.00 bits per heavy atom. The molecule has 2 nitrogen and oxygen atoms in total. The maximum absolute atomic E-state index is 3.53. The van der Waals surface area contributed by atoms with Gasteiger partial charge in [-0.2, -0.15) is 0 Å². The van der Waals surface area contributed by atoms with E-state index >= 15 is 0 Å². The normalized spacial score (nSPS) is 23.0. The molecule has 2 rings (SSSR count). The highest BCUT2D eigenvalue weighted by Gasteiger charge is 2.14. The molecule has 1 aromatic carbocycles. The van der Waals surface area contributed by atoms with Gasteiger partial charge in [0.2, 0.25) is 0 Å². The smallest absolute Gasteiger partial charge is 0.0237 e. The van der Waals surface area contributed by atoms with Gasteiger partial charge in [-0.05, 0) is 44.5 Å². The summed E-state index contributed by atoms with van der Waals surface area (Å²) >= 11 is 0. The van der Waals surface area contributed by atoms with Gasteiger partial charge in [0.25, 0.3) is 0 Å². The van der Waals surface area contributed by atoms with Crippen molar-refractivity contribution in [2.45, 2.75) is 32.9 Å². The molecule has 0 bridgehead atoms. The van der Waals surface area contributed by atoms with Crippen LogP contribution in [0.3, 0.4) is 0 Å². The van der Waals surface area contributed by atoms with Crippen LogP contribution in [0.4, 0.5) is 0 Å². The molecule has 0 saturated carbocycles. The number of rotatable bonds is 2. The minimum Gasteiger partial charge on any atom is -0.313 e. The molecule has 1 fully saturated rings. The summed E-state index contributed by atoms with van der Waals surface area (Å²) in [6.07, 6.45) is 1.26. The number of aryl methyl sites for hydroxylation is 1. The Morgan fingerprint density at radius 1 is 1.38 bits per heavy atom. The van der Waals surface area contributed by atoms with E-state index in [2.05, 4.69) is 48.3 Å². The first-order valence-corrected chi connectivity index (χ1v) is 6.26. The first kappa shape index (κ1) is 11.6. The molecular formula is C14H22N2. The Balaban J connectivity index is 2.00. The van der Waals surface area contributed by atoms with Crippen LogP contribution in [0, 0.1) is 6.92 Å². The topological polar surface area (TPSA) is 15.3 Å². The summed E-state index contributed by atoms with van der Waals surface area (Å²) in [5.41, 5.74) is 2.88. The molecule has 0 aromatic heterocycles. The largest absolute Gasteiger partial charge is 0.313 e. The van der Waals surface area contributed by atoms with Crippen molar-refractivity contribution in [3.63, 3.8) is 0 Å². The van der Waals surface area contributed by atoms with E-state index in [9.17, 15) is 0 Å². The molecule has 88 valence electrons. The molecule has 1 atom stereocenters. The molecule has 1 N–H and O–H groups in total. The van der Waals surface area contributed by atoms with Crippen LogP contribution in [-0.4, -0.2) is 30.6 Å². The van der Waals surface area contributed by atoms with Crippen molar-refractivity contribution in [2.75, 3.05) is 19.6 Å². The second kappa shape index (κ2) is 5.46. The van der Waals surface area contributed by atoms with E-state index in [0.717, 1.165) is 19.6 Å². The van der Waals surface area contributed by atoms with Gasteiger partial charge in [0.15, 0.2) is 0 Å². The second-order valence-electron chi connectivity index (χ2n) is 4.87. The summed E-state index contributed by atoms with van der Waals surface area (Å²) in [6, 6.07) is 9.33. The molecular weight excluding hydrogens is 196 g/mol. The number of hydrogen-bond donors (Lipinski definition) is 1. The van der Waals surface area contributed by atoms with Crippen molar-refractivity contribution in [1.29, 1.82) is 0 Å². The molecule has 1 heterocycles. The SMILES string of the molecule is Cc1ccccc1CN1CCCNC(C)C1. The van der Waals surface area contributed by atoms with E-state index in [0.29, 0.717) is 6.04 Å². The number of nitrogens with one attached hydrogen (secondary N) is 1. The summed E-state index contributed by atoms with van der Waals surface area (Å²) in [7, 11) is 0. The van der Waals surface area contributed by atoms with E-state index in [1.807, 2.05) is 0 Å². The van der Waals surface area contributed by atoms with E-state index in [4.69, 9.17) is 0 Å². The molecule has 2 heteroatoms. The Morgan fingerprint density at radius 2 is 2.19 bits per heavy atom. The van der Waals surface area contributed by atoms with Crippen molar-refractivity contribution in [3.8, 4) is 0 Å². The Bertz CT molecular complexity index is 335. The third-order valence-corrected chi connectivity index (χ3v) is 3.33. The van der Waals surface area contributed by atoms with Gasteiger partial charge in [-0.25, -0.2) is 0 Å². The Kier molecular flexibility index (Phi) is 3.97. The fourth-order valence-corrected chi connectivity index (χ4v) is 2.37. The second-order valence-corrected chi connectivity index (χ2v) is 4.87. The summed E-state index contributed by atoms with van der Waals surface area (Å²) < 4.78 is 0. The third kappa shape index (κ3) is 3.06. The Labute approximate surface area is 98.7 Å². The zero-order valence-electron chi connectivity index (χ0n) is 10.4. The molecule has 1 aliphatic rings. The molecule has 0 radical (unpaired) electrons. The monoisotopic (exact) mass is 218 g/mol. The fourth-order valence-electron chi connectivity index (χ4n) is 2.37. The van der Waals surface area contributed by atoms with Crippen LogP contribution >= 0.6 is 0 Å². The highest BCUT2D eigenvalue weighted by Crippen LogP contribution is 2.12.